The highest BCUT2D eigenvalue weighted by Gasteiger charge is 2.22. The highest BCUT2D eigenvalue weighted by Crippen LogP contribution is 2.32. The summed E-state index contributed by atoms with van der Waals surface area (Å²) in [6.45, 7) is 4.56. The van der Waals surface area contributed by atoms with E-state index in [2.05, 4.69) is 16.3 Å². The number of carbonyl (C=O) groups excluding carboxylic acids is 1. The summed E-state index contributed by atoms with van der Waals surface area (Å²) in [5.74, 6) is 1.71. The zero-order chi connectivity index (χ0) is 18.6. The molecule has 4 rings (SSSR count). The van der Waals surface area contributed by atoms with Crippen molar-refractivity contribution in [2.45, 2.75) is 6.54 Å². The number of nitrogens with zero attached hydrogens (tertiary/aromatic N) is 2. The summed E-state index contributed by atoms with van der Waals surface area (Å²) in [5.41, 5.74) is 1.98. The normalized spacial score (nSPS) is 16.4. The summed E-state index contributed by atoms with van der Waals surface area (Å²) in [4.78, 5) is 16.7. The van der Waals surface area contributed by atoms with E-state index in [0.29, 0.717) is 11.8 Å². The molecule has 0 atom stereocenters. The molecule has 27 heavy (non-hydrogen) atoms. The Balaban J connectivity index is 1.25. The molecule has 1 N–H and O–H groups in total. The van der Waals surface area contributed by atoms with Crippen molar-refractivity contribution in [2.24, 2.45) is 0 Å². The fraction of sp³-hybridized carbons (Fsp3) is 0.350. The molecule has 0 aromatic heterocycles. The van der Waals surface area contributed by atoms with Crippen molar-refractivity contribution < 1.29 is 14.3 Å². The molecular formula is C20H22ClN3O3. The van der Waals surface area contributed by atoms with Crippen molar-refractivity contribution in [3.63, 3.8) is 0 Å². The molecule has 2 aromatic carbocycles. The Kier molecular flexibility index (Phi) is 5.36. The van der Waals surface area contributed by atoms with Gasteiger partial charge in [-0.2, -0.15) is 0 Å². The quantitative estimate of drug-likeness (QED) is 0.855. The maximum Gasteiger partial charge on any atom is 0.241 e. The van der Waals surface area contributed by atoms with Gasteiger partial charge in [0.05, 0.1) is 17.3 Å². The van der Waals surface area contributed by atoms with Crippen LogP contribution in [0.15, 0.2) is 42.5 Å². The molecule has 7 heteroatoms. The van der Waals surface area contributed by atoms with E-state index in [4.69, 9.17) is 21.1 Å². The number of ether oxygens (including phenoxy) is 2. The van der Waals surface area contributed by atoms with Crippen molar-refractivity contribution in [1.29, 1.82) is 0 Å². The highest BCUT2D eigenvalue weighted by molar-refractivity contribution is 6.33. The summed E-state index contributed by atoms with van der Waals surface area (Å²) in [5, 5.41) is 3.75. The van der Waals surface area contributed by atoms with Gasteiger partial charge in [0.1, 0.15) is 0 Å². The molecule has 142 valence electrons. The number of amides is 1. The minimum atomic E-state index is 0.0950. The third-order valence-corrected chi connectivity index (χ3v) is 5.20. The van der Waals surface area contributed by atoms with E-state index in [0.717, 1.165) is 49.9 Å². The molecule has 2 aliphatic rings. The third-order valence-electron chi connectivity index (χ3n) is 4.87. The molecule has 1 saturated heterocycles. The Labute approximate surface area is 163 Å². The zero-order valence-corrected chi connectivity index (χ0v) is 15.7. The molecule has 1 amide bonds. The molecule has 1 fully saturated rings. The molecule has 0 unspecified atom stereocenters. The summed E-state index contributed by atoms with van der Waals surface area (Å²) in [6.07, 6.45) is 0. The lowest BCUT2D eigenvalue weighted by Gasteiger charge is -2.35. The van der Waals surface area contributed by atoms with Crippen LogP contribution in [0.1, 0.15) is 5.56 Å². The van der Waals surface area contributed by atoms with Crippen molar-refractivity contribution in [2.75, 3.05) is 44.8 Å². The van der Waals surface area contributed by atoms with Gasteiger partial charge >= 0.3 is 0 Å². The minimum Gasteiger partial charge on any atom is -0.454 e. The van der Waals surface area contributed by atoms with Gasteiger partial charge in [-0.15, -0.1) is 0 Å². The summed E-state index contributed by atoms with van der Waals surface area (Å²) in [6, 6.07) is 13.5. The first-order valence-electron chi connectivity index (χ1n) is 9.06. The minimum absolute atomic E-state index is 0.0950. The van der Waals surface area contributed by atoms with Crippen LogP contribution in [-0.2, 0) is 11.3 Å². The smallest absolute Gasteiger partial charge is 0.241 e. The fourth-order valence-electron chi connectivity index (χ4n) is 3.34. The van der Waals surface area contributed by atoms with Gasteiger partial charge in [-0.25, -0.2) is 0 Å². The Morgan fingerprint density at radius 2 is 1.81 bits per heavy atom. The second-order valence-electron chi connectivity index (χ2n) is 6.68. The average Bonchev–Trinajstić information content (AvgIpc) is 3.15. The molecule has 0 saturated carbocycles. The zero-order valence-electron chi connectivity index (χ0n) is 15.0. The van der Waals surface area contributed by atoms with Crippen molar-refractivity contribution in [3.8, 4) is 11.5 Å². The van der Waals surface area contributed by atoms with Gasteiger partial charge in [0, 0.05) is 32.7 Å². The van der Waals surface area contributed by atoms with Crippen LogP contribution in [0.5, 0.6) is 11.5 Å². The highest BCUT2D eigenvalue weighted by atomic mass is 35.5. The van der Waals surface area contributed by atoms with Gasteiger partial charge < -0.3 is 19.7 Å². The van der Waals surface area contributed by atoms with E-state index in [1.54, 1.807) is 0 Å². The maximum atomic E-state index is 12.4. The molecule has 2 heterocycles. The Bertz CT molecular complexity index is 822. The van der Waals surface area contributed by atoms with Crippen LogP contribution in [0, 0.1) is 0 Å². The standard InChI is InChI=1S/C20H22ClN3O3/c21-16-3-1-2-4-17(16)22-12-20(25)24-9-7-23(8-10-24)13-15-5-6-18-19(11-15)27-14-26-18/h1-6,11,22H,7-10,12-14H2. The summed E-state index contributed by atoms with van der Waals surface area (Å²) >= 11 is 6.11. The third kappa shape index (κ3) is 4.28. The average molecular weight is 388 g/mol. The van der Waals surface area contributed by atoms with Crippen LogP contribution in [0.25, 0.3) is 0 Å². The number of hydrogen-bond donors (Lipinski definition) is 1. The lowest BCUT2D eigenvalue weighted by Crippen LogP contribution is -2.49. The SMILES string of the molecule is O=C(CNc1ccccc1Cl)N1CCN(Cc2ccc3c(c2)OCO3)CC1. The van der Waals surface area contributed by atoms with Gasteiger partial charge in [-0.05, 0) is 29.8 Å². The number of fused-ring (bicyclic) bond motifs is 1. The predicted molar refractivity (Wildman–Crippen MR) is 104 cm³/mol. The first-order chi connectivity index (χ1) is 13.2. The van der Waals surface area contributed by atoms with Gasteiger partial charge in [-0.3, -0.25) is 9.69 Å². The molecule has 2 aliphatic heterocycles. The number of nitrogens with one attached hydrogen (secondary N) is 1. The van der Waals surface area contributed by atoms with Crippen LogP contribution >= 0.6 is 11.6 Å². The number of hydrogen-bond acceptors (Lipinski definition) is 5. The van der Waals surface area contributed by atoms with Crippen LogP contribution < -0.4 is 14.8 Å². The van der Waals surface area contributed by atoms with E-state index in [-0.39, 0.29) is 12.5 Å². The number of anilines is 1. The topological polar surface area (TPSA) is 54.0 Å². The Morgan fingerprint density at radius 3 is 2.63 bits per heavy atom. The van der Waals surface area contributed by atoms with Gasteiger partial charge in [-0.1, -0.05) is 29.8 Å². The lowest BCUT2D eigenvalue weighted by atomic mass is 10.1. The summed E-state index contributed by atoms with van der Waals surface area (Å²) in [7, 11) is 0. The van der Waals surface area contributed by atoms with Crippen molar-refractivity contribution in [3.05, 3.63) is 53.1 Å². The Morgan fingerprint density at radius 1 is 1.04 bits per heavy atom. The number of piperazine rings is 1. The molecule has 0 bridgehead atoms. The largest absolute Gasteiger partial charge is 0.454 e. The lowest BCUT2D eigenvalue weighted by molar-refractivity contribution is -0.131. The van der Waals surface area contributed by atoms with Gasteiger partial charge in [0.25, 0.3) is 0 Å². The van der Waals surface area contributed by atoms with Crippen LogP contribution in [0.3, 0.4) is 0 Å². The number of carbonyl (C=O) groups is 1. The van der Waals surface area contributed by atoms with Gasteiger partial charge in [0.2, 0.25) is 12.7 Å². The second kappa shape index (κ2) is 8.06. The number of halogens is 1. The number of rotatable bonds is 5. The van der Waals surface area contributed by atoms with E-state index in [1.807, 2.05) is 41.3 Å². The van der Waals surface area contributed by atoms with Crippen LogP contribution in [0.4, 0.5) is 5.69 Å². The van der Waals surface area contributed by atoms with E-state index in [1.165, 1.54) is 5.56 Å². The van der Waals surface area contributed by atoms with Crippen molar-refractivity contribution in [1.82, 2.24) is 9.80 Å². The van der Waals surface area contributed by atoms with E-state index < -0.39 is 0 Å². The molecule has 0 spiro atoms. The fourth-order valence-corrected chi connectivity index (χ4v) is 3.54. The first kappa shape index (κ1) is 17.9. The van der Waals surface area contributed by atoms with Crippen LogP contribution in [-0.4, -0.2) is 55.2 Å². The van der Waals surface area contributed by atoms with E-state index >= 15 is 0 Å². The van der Waals surface area contributed by atoms with Gasteiger partial charge in [0.15, 0.2) is 11.5 Å². The number of para-hydroxylation sites is 1. The Hall–Kier alpha value is -2.44. The predicted octanol–water partition coefficient (Wildman–Crippen LogP) is 2.83. The maximum absolute atomic E-state index is 12.4. The van der Waals surface area contributed by atoms with Crippen molar-refractivity contribution >= 4 is 23.2 Å². The molecule has 0 radical (unpaired) electrons. The summed E-state index contributed by atoms with van der Waals surface area (Å²) < 4.78 is 10.8. The molecular weight excluding hydrogens is 366 g/mol. The molecule has 2 aromatic rings. The molecule has 6 nitrogen and oxygen atoms in total. The number of benzene rings is 2. The second-order valence-corrected chi connectivity index (χ2v) is 7.09. The molecule has 0 aliphatic carbocycles. The van der Waals surface area contributed by atoms with E-state index in [9.17, 15) is 4.79 Å². The monoisotopic (exact) mass is 387 g/mol. The van der Waals surface area contributed by atoms with Crippen LogP contribution in [0.2, 0.25) is 5.02 Å². The first-order valence-corrected chi connectivity index (χ1v) is 9.44.